The Morgan fingerprint density at radius 1 is 1.18 bits per heavy atom. The van der Waals surface area contributed by atoms with Crippen LogP contribution in [0, 0.1) is 5.82 Å². The van der Waals surface area contributed by atoms with Crippen LogP contribution in [0.4, 0.5) is 10.3 Å². The van der Waals surface area contributed by atoms with Crippen LogP contribution in [-0.4, -0.2) is 14.6 Å². The second-order valence-corrected chi connectivity index (χ2v) is 3.67. The Hall–Kier alpha value is -2.43. The molecule has 0 aliphatic heterocycles. The number of nitrogens with zero attached hydrogens (tertiary/aromatic N) is 3. The van der Waals surface area contributed by atoms with Crippen molar-refractivity contribution in [2.75, 3.05) is 5.73 Å². The van der Waals surface area contributed by atoms with E-state index in [1.807, 2.05) is 18.2 Å². The SMILES string of the molecule is Nc1nc2c(-c3cccc(F)c3)cccn2n1. The number of fused-ring (bicyclic) bond motifs is 1. The lowest BCUT2D eigenvalue weighted by Crippen LogP contribution is -1.90. The maximum Gasteiger partial charge on any atom is 0.240 e. The molecule has 0 spiro atoms. The highest BCUT2D eigenvalue weighted by Crippen LogP contribution is 2.24. The Bertz CT molecular complexity index is 690. The second-order valence-electron chi connectivity index (χ2n) is 3.67. The van der Waals surface area contributed by atoms with Gasteiger partial charge in [0.2, 0.25) is 5.95 Å². The molecule has 5 heteroatoms. The minimum Gasteiger partial charge on any atom is -0.366 e. The van der Waals surface area contributed by atoms with Crippen molar-refractivity contribution in [3.05, 3.63) is 48.4 Å². The van der Waals surface area contributed by atoms with Crippen molar-refractivity contribution in [2.24, 2.45) is 0 Å². The highest BCUT2D eigenvalue weighted by atomic mass is 19.1. The Labute approximate surface area is 96.5 Å². The van der Waals surface area contributed by atoms with Crippen LogP contribution in [0.15, 0.2) is 42.6 Å². The summed E-state index contributed by atoms with van der Waals surface area (Å²) in [4.78, 5) is 4.13. The molecule has 0 saturated heterocycles. The Balaban J connectivity index is 2.30. The predicted molar refractivity (Wildman–Crippen MR) is 62.8 cm³/mol. The van der Waals surface area contributed by atoms with E-state index < -0.39 is 0 Å². The van der Waals surface area contributed by atoms with Gasteiger partial charge in [0.1, 0.15) is 5.82 Å². The number of rotatable bonds is 1. The van der Waals surface area contributed by atoms with E-state index in [1.165, 1.54) is 12.1 Å². The van der Waals surface area contributed by atoms with E-state index in [4.69, 9.17) is 5.73 Å². The molecule has 0 aliphatic carbocycles. The predicted octanol–water partition coefficient (Wildman–Crippen LogP) is 2.12. The first-order valence-corrected chi connectivity index (χ1v) is 5.11. The van der Waals surface area contributed by atoms with Gasteiger partial charge in [0.25, 0.3) is 0 Å². The van der Waals surface area contributed by atoms with Crippen LogP contribution in [0.2, 0.25) is 0 Å². The molecule has 3 aromatic rings. The van der Waals surface area contributed by atoms with Gasteiger partial charge in [0.05, 0.1) is 0 Å². The number of aromatic nitrogens is 3. The third-order valence-corrected chi connectivity index (χ3v) is 2.51. The normalized spacial score (nSPS) is 10.9. The molecular formula is C12H9FN4. The summed E-state index contributed by atoms with van der Waals surface area (Å²) in [5, 5.41) is 4.01. The Morgan fingerprint density at radius 2 is 2.06 bits per heavy atom. The first kappa shape index (κ1) is 9.77. The van der Waals surface area contributed by atoms with Crippen molar-refractivity contribution in [2.45, 2.75) is 0 Å². The summed E-state index contributed by atoms with van der Waals surface area (Å²) >= 11 is 0. The molecule has 4 nitrogen and oxygen atoms in total. The van der Waals surface area contributed by atoms with E-state index in [9.17, 15) is 4.39 Å². The molecule has 2 N–H and O–H groups in total. The zero-order valence-electron chi connectivity index (χ0n) is 8.84. The number of benzene rings is 1. The van der Waals surface area contributed by atoms with E-state index in [0.29, 0.717) is 5.65 Å². The van der Waals surface area contributed by atoms with Gasteiger partial charge in [-0.15, -0.1) is 5.10 Å². The second kappa shape index (κ2) is 3.55. The lowest BCUT2D eigenvalue weighted by atomic mass is 10.1. The van der Waals surface area contributed by atoms with Crippen LogP contribution in [0.3, 0.4) is 0 Å². The standard InChI is InChI=1S/C12H9FN4/c13-9-4-1-3-8(7-9)10-5-2-6-17-11(10)15-12(14)16-17/h1-7H,(H2,14,16). The van der Waals surface area contributed by atoms with Crippen molar-refractivity contribution >= 4 is 11.6 Å². The molecule has 84 valence electrons. The molecule has 0 saturated carbocycles. The molecule has 0 fully saturated rings. The van der Waals surface area contributed by atoms with Gasteiger partial charge in [-0.05, 0) is 29.8 Å². The summed E-state index contributed by atoms with van der Waals surface area (Å²) < 4.78 is 14.8. The number of halogens is 1. The summed E-state index contributed by atoms with van der Waals surface area (Å²) in [7, 11) is 0. The lowest BCUT2D eigenvalue weighted by molar-refractivity contribution is 0.628. The van der Waals surface area contributed by atoms with E-state index in [-0.39, 0.29) is 11.8 Å². The van der Waals surface area contributed by atoms with Crippen molar-refractivity contribution in [3.8, 4) is 11.1 Å². The van der Waals surface area contributed by atoms with Gasteiger partial charge in [-0.2, -0.15) is 4.98 Å². The molecule has 0 atom stereocenters. The van der Waals surface area contributed by atoms with E-state index in [0.717, 1.165) is 11.1 Å². The average Bonchev–Trinajstić information content (AvgIpc) is 2.68. The molecule has 0 radical (unpaired) electrons. The van der Waals surface area contributed by atoms with Gasteiger partial charge < -0.3 is 5.73 Å². The van der Waals surface area contributed by atoms with E-state index >= 15 is 0 Å². The van der Waals surface area contributed by atoms with Crippen LogP contribution in [0.25, 0.3) is 16.8 Å². The van der Waals surface area contributed by atoms with Crippen molar-refractivity contribution in [1.82, 2.24) is 14.6 Å². The average molecular weight is 228 g/mol. The van der Waals surface area contributed by atoms with Crippen molar-refractivity contribution in [3.63, 3.8) is 0 Å². The number of pyridine rings is 1. The molecule has 0 aliphatic rings. The van der Waals surface area contributed by atoms with E-state index in [1.54, 1.807) is 16.8 Å². The summed E-state index contributed by atoms with van der Waals surface area (Å²) in [6, 6.07) is 10.0. The van der Waals surface area contributed by atoms with Gasteiger partial charge >= 0.3 is 0 Å². The van der Waals surface area contributed by atoms with E-state index in [2.05, 4.69) is 10.1 Å². The van der Waals surface area contributed by atoms with Crippen LogP contribution < -0.4 is 5.73 Å². The van der Waals surface area contributed by atoms with Gasteiger partial charge in [0, 0.05) is 11.8 Å². The number of nitrogens with two attached hydrogens (primary N) is 1. The molecule has 0 unspecified atom stereocenters. The molecule has 2 heterocycles. The third kappa shape index (κ3) is 1.61. The minimum atomic E-state index is -0.281. The maximum absolute atomic E-state index is 13.2. The topological polar surface area (TPSA) is 56.2 Å². The first-order chi connectivity index (χ1) is 8.24. The fraction of sp³-hybridized carbons (Fsp3) is 0. The van der Waals surface area contributed by atoms with Crippen molar-refractivity contribution in [1.29, 1.82) is 0 Å². The van der Waals surface area contributed by atoms with Gasteiger partial charge in [-0.3, -0.25) is 0 Å². The molecule has 0 amide bonds. The van der Waals surface area contributed by atoms with Crippen LogP contribution in [0.5, 0.6) is 0 Å². The molecular weight excluding hydrogens is 219 g/mol. The number of nitrogen functional groups attached to an aromatic ring is 1. The van der Waals surface area contributed by atoms with Gasteiger partial charge in [-0.25, -0.2) is 8.91 Å². The smallest absolute Gasteiger partial charge is 0.240 e. The largest absolute Gasteiger partial charge is 0.366 e. The Kier molecular flexibility index (Phi) is 2.04. The third-order valence-electron chi connectivity index (χ3n) is 2.51. The Morgan fingerprint density at radius 3 is 2.88 bits per heavy atom. The number of anilines is 1. The maximum atomic E-state index is 13.2. The summed E-state index contributed by atoms with van der Waals surface area (Å²) in [6.07, 6.45) is 1.75. The highest BCUT2D eigenvalue weighted by Gasteiger charge is 2.08. The lowest BCUT2D eigenvalue weighted by Gasteiger charge is -2.02. The highest BCUT2D eigenvalue weighted by molar-refractivity contribution is 5.77. The van der Waals surface area contributed by atoms with Crippen molar-refractivity contribution < 1.29 is 4.39 Å². The molecule has 3 rings (SSSR count). The van der Waals surface area contributed by atoms with Crippen LogP contribution in [0.1, 0.15) is 0 Å². The fourth-order valence-electron chi connectivity index (χ4n) is 1.80. The zero-order chi connectivity index (χ0) is 11.8. The molecule has 0 bridgehead atoms. The monoisotopic (exact) mass is 228 g/mol. The van der Waals surface area contributed by atoms with Gasteiger partial charge in [-0.1, -0.05) is 12.1 Å². The number of hydrogen-bond acceptors (Lipinski definition) is 3. The summed E-state index contributed by atoms with van der Waals surface area (Å²) in [6.45, 7) is 0. The summed E-state index contributed by atoms with van der Waals surface area (Å²) in [5.41, 5.74) is 7.73. The van der Waals surface area contributed by atoms with Crippen LogP contribution in [-0.2, 0) is 0 Å². The van der Waals surface area contributed by atoms with Gasteiger partial charge in [0.15, 0.2) is 5.65 Å². The minimum absolute atomic E-state index is 0.203. The fourth-order valence-corrected chi connectivity index (χ4v) is 1.80. The summed E-state index contributed by atoms with van der Waals surface area (Å²) in [5.74, 6) is -0.0779. The first-order valence-electron chi connectivity index (χ1n) is 5.11. The zero-order valence-corrected chi connectivity index (χ0v) is 8.84. The van der Waals surface area contributed by atoms with Crippen LogP contribution >= 0.6 is 0 Å². The molecule has 17 heavy (non-hydrogen) atoms. The molecule has 2 aromatic heterocycles. The molecule has 1 aromatic carbocycles. The quantitative estimate of drug-likeness (QED) is 0.694. The number of hydrogen-bond donors (Lipinski definition) is 1.